The SMILES string of the molecule is C=CCN1CC(NC(C)=O)CN(c2ccccc2)c2ccccc21. The second-order valence-electron chi connectivity index (χ2n) is 6.03. The van der Waals surface area contributed by atoms with Gasteiger partial charge in [-0.15, -0.1) is 6.58 Å². The Hall–Kier alpha value is -2.75. The molecule has 1 unspecified atom stereocenters. The molecule has 0 bridgehead atoms. The van der Waals surface area contributed by atoms with Crippen LogP contribution in [-0.2, 0) is 4.79 Å². The third kappa shape index (κ3) is 3.43. The van der Waals surface area contributed by atoms with E-state index < -0.39 is 0 Å². The van der Waals surface area contributed by atoms with E-state index in [4.69, 9.17) is 0 Å². The van der Waals surface area contributed by atoms with Gasteiger partial charge in [0, 0.05) is 32.2 Å². The molecule has 3 rings (SSSR count). The highest BCUT2D eigenvalue weighted by Gasteiger charge is 2.27. The van der Waals surface area contributed by atoms with Gasteiger partial charge in [0.1, 0.15) is 0 Å². The summed E-state index contributed by atoms with van der Waals surface area (Å²) in [6, 6.07) is 18.7. The Balaban J connectivity index is 2.06. The normalized spacial score (nSPS) is 17.0. The van der Waals surface area contributed by atoms with Crippen LogP contribution in [0.5, 0.6) is 0 Å². The number of nitrogens with zero attached hydrogens (tertiary/aromatic N) is 2. The van der Waals surface area contributed by atoms with Gasteiger partial charge in [0.2, 0.25) is 5.91 Å². The summed E-state index contributed by atoms with van der Waals surface area (Å²) in [6.07, 6.45) is 1.90. The van der Waals surface area contributed by atoms with Crippen LogP contribution in [0.4, 0.5) is 17.1 Å². The van der Waals surface area contributed by atoms with Crippen LogP contribution in [0, 0.1) is 0 Å². The molecule has 1 amide bonds. The van der Waals surface area contributed by atoms with Gasteiger partial charge in [0.25, 0.3) is 0 Å². The molecular formula is C20H23N3O. The molecule has 24 heavy (non-hydrogen) atoms. The van der Waals surface area contributed by atoms with Gasteiger partial charge in [-0.25, -0.2) is 0 Å². The molecule has 4 nitrogen and oxygen atoms in total. The average molecular weight is 321 g/mol. The maximum atomic E-state index is 11.6. The van der Waals surface area contributed by atoms with Crippen molar-refractivity contribution in [3.8, 4) is 0 Å². The number of fused-ring (bicyclic) bond motifs is 1. The molecule has 0 spiro atoms. The first-order valence-electron chi connectivity index (χ1n) is 8.23. The van der Waals surface area contributed by atoms with Gasteiger partial charge in [-0.2, -0.15) is 0 Å². The lowest BCUT2D eigenvalue weighted by Crippen LogP contribution is -2.46. The summed E-state index contributed by atoms with van der Waals surface area (Å²) in [4.78, 5) is 16.2. The van der Waals surface area contributed by atoms with Crippen LogP contribution in [0.15, 0.2) is 67.3 Å². The second-order valence-corrected chi connectivity index (χ2v) is 6.03. The Morgan fingerprint density at radius 3 is 2.46 bits per heavy atom. The maximum Gasteiger partial charge on any atom is 0.217 e. The van der Waals surface area contributed by atoms with Crippen molar-refractivity contribution in [2.75, 3.05) is 29.4 Å². The molecule has 1 aliphatic rings. The van der Waals surface area contributed by atoms with E-state index in [9.17, 15) is 4.79 Å². The molecule has 0 fully saturated rings. The molecule has 2 aromatic rings. The third-order valence-corrected chi connectivity index (χ3v) is 4.18. The molecule has 0 saturated carbocycles. The maximum absolute atomic E-state index is 11.6. The van der Waals surface area contributed by atoms with Gasteiger partial charge in [-0.1, -0.05) is 36.4 Å². The number of anilines is 3. The molecule has 1 heterocycles. The molecule has 2 aromatic carbocycles. The van der Waals surface area contributed by atoms with E-state index in [1.54, 1.807) is 6.92 Å². The number of hydrogen-bond donors (Lipinski definition) is 1. The molecule has 0 radical (unpaired) electrons. The lowest BCUT2D eigenvalue weighted by atomic mass is 10.2. The zero-order valence-corrected chi connectivity index (χ0v) is 14.0. The molecule has 0 saturated heterocycles. The number of benzene rings is 2. The number of rotatable bonds is 4. The fourth-order valence-corrected chi connectivity index (χ4v) is 3.26. The monoisotopic (exact) mass is 321 g/mol. The summed E-state index contributed by atoms with van der Waals surface area (Å²) in [5, 5.41) is 3.09. The number of nitrogens with one attached hydrogen (secondary N) is 1. The van der Waals surface area contributed by atoms with Gasteiger partial charge in [-0.3, -0.25) is 4.79 Å². The summed E-state index contributed by atoms with van der Waals surface area (Å²) in [5.41, 5.74) is 3.44. The Morgan fingerprint density at radius 2 is 1.79 bits per heavy atom. The first-order chi connectivity index (χ1) is 11.7. The molecule has 124 valence electrons. The summed E-state index contributed by atoms with van der Waals surface area (Å²) < 4.78 is 0. The van der Waals surface area contributed by atoms with Gasteiger partial charge in [0.15, 0.2) is 0 Å². The van der Waals surface area contributed by atoms with Crippen LogP contribution in [0.2, 0.25) is 0 Å². The van der Waals surface area contributed by atoms with Crippen molar-refractivity contribution in [1.29, 1.82) is 0 Å². The molecule has 1 atom stereocenters. The minimum atomic E-state index is -0.00230. The van der Waals surface area contributed by atoms with Crippen molar-refractivity contribution >= 4 is 23.0 Å². The van der Waals surface area contributed by atoms with Crippen LogP contribution in [0.1, 0.15) is 6.92 Å². The number of hydrogen-bond acceptors (Lipinski definition) is 3. The molecule has 0 aromatic heterocycles. The predicted octanol–water partition coefficient (Wildman–Crippen LogP) is 3.34. The zero-order valence-electron chi connectivity index (χ0n) is 14.0. The molecule has 1 N–H and O–H groups in total. The quantitative estimate of drug-likeness (QED) is 0.877. The van der Waals surface area contributed by atoms with Crippen LogP contribution >= 0.6 is 0 Å². The van der Waals surface area contributed by atoms with E-state index in [-0.39, 0.29) is 11.9 Å². The number of carbonyl (C=O) groups is 1. The minimum absolute atomic E-state index is 0.00230. The average Bonchev–Trinajstić information content (AvgIpc) is 2.73. The van der Waals surface area contributed by atoms with Crippen molar-refractivity contribution < 1.29 is 4.79 Å². The van der Waals surface area contributed by atoms with Crippen molar-refractivity contribution in [3.63, 3.8) is 0 Å². The first kappa shape index (κ1) is 16.1. The van der Waals surface area contributed by atoms with Crippen LogP contribution < -0.4 is 15.1 Å². The van der Waals surface area contributed by atoms with Gasteiger partial charge < -0.3 is 15.1 Å². The third-order valence-electron chi connectivity index (χ3n) is 4.18. The molecule has 4 heteroatoms. The number of carbonyl (C=O) groups excluding carboxylic acids is 1. The molecule has 0 aliphatic carbocycles. The largest absolute Gasteiger partial charge is 0.364 e. The summed E-state index contributed by atoms with van der Waals surface area (Å²) in [7, 11) is 0. The van der Waals surface area contributed by atoms with Crippen molar-refractivity contribution in [3.05, 3.63) is 67.3 Å². The van der Waals surface area contributed by atoms with Crippen LogP contribution in [-0.4, -0.2) is 31.6 Å². The second kappa shape index (κ2) is 7.21. The summed E-state index contributed by atoms with van der Waals surface area (Å²) >= 11 is 0. The fraction of sp³-hybridized carbons (Fsp3) is 0.250. The standard InChI is InChI=1S/C20H23N3O/c1-3-13-22-14-17(21-16(2)24)15-23(18-9-5-4-6-10-18)20-12-8-7-11-19(20)22/h3-12,17H,1,13-15H2,2H3,(H,21,24). The highest BCUT2D eigenvalue weighted by atomic mass is 16.1. The smallest absolute Gasteiger partial charge is 0.217 e. The van der Waals surface area contributed by atoms with E-state index in [1.807, 2.05) is 24.3 Å². The molecular weight excluding hydrogens is 298 g/mol. The minimum Gasteiger partial charge on any atom is -0.364 e. The van der Waals surface area contributed by atoms with Crippen molar-refractivity contribution in [1.82, 2.24) is 5.32 Å². The van der Waals surface area contributed by atoms with E-state index in [0.717, 1.165) is 36.7 Å². The van der Waals surface area contributed by atoms with E-state index in [2.05, 4.69) is 58.1 Å². The highest BCUT2D eigenvalue weighted by Crippen LogP contribution is 2.36. The summed E-state index contributed by atoms with van der Waals surface area (Å²) in [6.45, 7) is 7.68. The number of amides is 1. The van der Waals surface area contributed by atoms with Gasteiger partial charge >= 0.3 is 0 Å². The van der Waals surface area contributed by atoms with Gasteiger partial charge in [-0.05, 0) is 24.3 Å². The van der Waals surface area contributed by atoms with Crippen LogP contribution in [0.25, 0.3) is 0 Å². The Bertz CT molecular complexity index is 714. The highest BCUT2D eigenvalue weighted by molar-refractivity contribution is 5.79. The van der Waals surface area contributed by atoms with Crippen molar-refractivity contribution in [2.45, 2.75) is 13.0 Å². The van der Waals surface area contributed by atoms with Crippen molar-refractivity contribution in [2.24, 2.45) is 0 Å². The van der Waals surface area contributed by atoms with Crippen LogP contribution in [0.3, 0.4) is 0 Å². The van der Waals surface area contributed by atoms with E-state index in [1.165, 1.54) is 0 Å². The topological polar surface area (TPSA) is 35.6 Å². The Morgan fingerprint density at radius 1 is 1.12 bits per heavy atom. The lowest BCUT2D eigenvalue weighted by molar-refractivity contribution is -0.119. The van der Waals surface area contributed by atoms with E-state index >= 15 is 0 Å². The Labute approximate surface area is 143 Å². The zero-order chi connectivity index (χ0) is 16.9. The van der Waals surface area contributed by atoms with E-state index in [0.29, 0.717) is 0 Å². The first-order valence-corrected chi connectivity index (χ1v) is 8.23. The lowest BCUT2D eigenvalue weighted by Gasteiger charge is -2.27. The number of para-hydroxylation sites is 3. The predicted molar refractivity (Wildman–Crippen MR) is 99.9 cm³/mol. The Kier molecular flexibility index (Phi) is 4.85. The molecule has 1 aliphatic heterocycles. The fourth-order valence-electron chi connectivity index (χ4n) is 3.26. The van der Waals surface area contributed by atoms with Gasteiger partial charge in [0.05, 0.1) is 17.4 Å². The summed E-state index contributed by atoms with van der Waals surface area (Å²) in [5.74, 6) is -0.00230.